The van der Waals surface area contributed by atoms with E-state index >= 15 is 0 Å². The molecule has 9 heteroatoms. The van der Waals surface area contributed by atoms with Gasteiger partial charge in [-0.1, -0.05) is 0 Å². The molecule has 0 unspecified atom stereocenters. The summed E-state index contributed by atoms with van der Waals surface area (Å²) in [6, 6.07) is 7.31. The number of hydrogen-bond donors (Lipinski definition) is 1. The highest BCUT2D eigenvalue weighted by Gasteiger charge is 2.32. The zero-order valence-corrected chi connectivity index (χ0v) is 15.2. The molecule has 2 aliphatic rings. The standard InChI is InChI=1S/C18H21N3O6/c1-25-17(23)14-10-27-11-21(16(14)18(24)26-2)13-5-3-12(4-6-13)20-8-7-19-15(22)9-20/h3-6H,7-11H2,1-2H3,(H,19,22). The summed E-state index contributed by atoms with van der Waals surface area (Å²) in [4.78, 5) is 39.4. The number of nitrogens with one attached hydrogen (secondary N) is 1. The van der Waals surface area contributed by atoms with Gasteiger partial charge in [0.25, 0.3) is 0 Å². The zero-order valence-electron chi connectivity index (χ0n) is 15.2. The van der Waals surface area contributed by atoms with Crippen molar-refractivity contribution in [1.29, 1.82) is 0 Å². The number of esters is 2. The molecule has 2 heterocycles. The van der Waals surface area contributed by atoms with Crippen LogP contribution in [-0.2, 0) is 28.6 Å². The Morgan fingerprint density at radius 1 is 1.07 bits per heavy atom. The van der Waals surface area contributed by atoms with E-state index in [1.54, 1.807) is 17.0 Å². The fraction of sp³-hybridized carbons (Fsp3) is 0.389. The molecule has 0 spiro atoms. The van der Waals surface area contributed by atoms with Crippen molar-refractivity contribution in [2.24, 2.45) is 0 Å². The van der Waals surface area contributed by atoms with Crippen LogP contribution in [0.1, 0.15) is 0 Å². The first kappa shape index (κ1) is 18.7. The first-order valence-electron chi connectivity index (χ1n) is 8.42. The van der Waals surface area contributed by atoms with Crippen LogP contribution in [0.15, 0.2) is 35.5 Å². The van der Waals surface area contributed by atoms with Gasteiger partial charge < -0.3 is 29.3 Å². The summed E-state index contributed by atoms with van der Waals surface area (Å²) in [5.74, 6) is -1.31. The predicted octanol–water partition coefficient (Wildman–Crippen LogP) is 0.0170. The SMILES string of the molecule is COC(=O)C1=C(C(=O)OC)N(c2ccc(N3CCNC(=O)C3)cc2)COC1. The van der Waals surface area contributed by atoms with Gasteiger partial charge >= 0.3 is 11.9 Å². The molecule has 1 fully saturated rings. The van der Waals surface area contributed by atoms with Crippen LogP contribution in [0.2, 0.25) is 0 Å². The number of rotatable bonds is 4. The van der Waals surface area contributed by atoms with Gasteiger partial charge in [0, 0.05) is 24.5 Å². The van der Waals surface area contributed by atoms with Crippen molar-refractivity contribution in [3.8, 4) is 0 Å². The number of benzene rings is 1. The molecule has 0 saturated carbocycles. The molecule has 1 saturated heterocycles. The minimum absolute atomic E-state index is 0.0200. The Morgan fingerprint density at radius 2 is 1.74 bits per heavy atom. The van der Waals surface area contributed by atoms with Gasteiger partial charge in [-0.3, -0.25) is 4.79 Å². The molecule has 1 aromatic rings. The summed E-state index contributed by atoms with van der Waals surface area (Å²) in [5, 5.41) is 2.78. The van der Waals surface area contributed by atoms with E-state index in [-0.39, 0.29) is 30.5 Å². The summed E-state index contributed by atoms with van der Waals surface area (Å²) in [7, 11) is 2.50. The van der Waals surface area contributed by atoms with E-state index < -0.39 is 11.9 Å². The fourth-order valence-corrected chi connectivity index (χ4v) is 3.05. The third-order valence-corrected chi connectivity index (χ3v) is 4.40. The summed E-state index contributed by atoms with van der Waals surface area (Å²) in [5.41, 5.74) is 1.75. The van der Waals surface area contributed by atoms with E-state index in [1.165, 1.54) is 14.2 Å². The van der Waals surface area contributed by atoms with Crippen molar-refractivity contribution >= 4 is 29.2 Å². The monoisotopic (exact) mass is 375 g/mol. The molecule has 0 radical (unpaired) electrons. The Hall–Kier alpha value is -3.07. The molecule has 0 aliphatic carbocycles. The minimum atomic E-state index is -0.643. The molecule has 3 rings (SSSR count). The van der Waals surface area contributed by atoms with E-state index in [1.807, 2.05) is 17.0 Å². The van der Waals surface area contributed by atoms with E-state index in [0.717, 1.165) is 12.2 Å². The normalized spacial score (nSPS) is 17.5. The highest BCUT2D eigenvalue weighted by molar-refractivity contribution is 6.03. The van der Waals surface area contributed by atoms with Gasteiger partial charge in [0.1, 0.15) is 12.4 Å². The number of amides is 1. The van der Waals surface area contributed by atoms with Crippen molar-refractivity contribution in [2.45, 2.75) is 0 Å². The third-order valence-electron chi connectivity index (χ3n) is 4.40. The third kappa shape index (κ3) is 3.87. The van der Waals surface area contributed by atoms with Crippen LogP contribution in [0.5, 0.6) is 0 Å². The van der Waals surface area contributed by atoms with E-state index in [2.05, 4.69) is 5.32 Å². The van der Waals surface area contributed by atoms with Gasteiger partial charge in [0.15, 0.2) is 0 Å². The van der Waals surface area contributed by atoms with Crippen LogP contribution < -0.4 is 15.1 Å². The Kier molecular flexibility index (Phi) is 5.60. The number of carbonyl (C=O) groups is 3. The van der Waals surface area contributed by atoms with Crippen molar-refractivity contribution in [3.63, 3.8) is 0 Å². The molecule has 27 heavy (non-hydrogen) atoms. The second-order valence-corrected chi connectivity index (χ2v) is 6.00. The molecule has 9 nitrogen and oxygen atoms in total. The average molecular weight is 375 g/mol. The van der Waals surface area contributed by atoms with Gasteiger partial charge in [-0.15, -0.1) is 0 Å². The zero-order chi connectivity index (χ0) is 19.4. The largest absolute Gasteiger partial charge is 0.466 e. The Balaban J connectivity index is 1.90. The smallest absolute Gasteiger partial charge is 0.355 e. The topological polar surface area (TPSA) is 97.4 Å². The van der Waals surface area contributed by atoms with Crippen LogP contribution in [0.4, 0.5) is 11.4 Å². The highest BCUT2D eigenvalue weighted by atomic mass is 16.5. The van der Waals surface area contributed by atoms with Crippen LogP contribution in [0.25, 0.3) is 0 Å². The van der Waals surface area contributed by atoms with Crippen LogP contribution >= 0.6 is 0 Å². The second kappa shape index (κ2) is 8.09. The molecule has 2 aliphatic heterocycles. The van der Waals surface area contributed by atoms with E-state index in [0.29, 0.717) is 18.8 Å². The summed E-state index contributed by atoms with van der Waals surface area (Å²) in [6.45, 7) is 1.67. The van der Waals surface area contributed by atoms with E-state index in [9.17, 15) is 14.4 Å². The Morgan fingerprint density at radius 3 is 2.37 bits per heavy atom. The number of carbonyl (C=O) groups excluding carboxylic acids is 3. The molecule has 0 atom stereocenters. The maximum absolute atomic E-state index is 12.3. The predicted molar refractivity (Wildman–Crippen MR) is 96.0 cm³/mol. The first-order chi connectivity index (χ1) is 13.0. The number of ether oxygens (including phenoxy) is 3. The van der Waals surface area contributed by atoms with Gasteiger partial charge in [0.05, 0.1) is 32.9 Å². The van der Waals surface area contributed by atoms with Gasteiger partial charge in [0.2, 0.25) is 5.91 Å². The fourth-order valence-electron chi connectivity index (χ4n) is 3.05. The van der Waals surface area contributed by atoms with Gasteiger partial charge in [-0.25, -0.2) is 9.59 Å². The van der Waals surface area contributed by atoms with Crippen LogP contribution in [0.3, 0.4) is 0 Å². The number of piperazine rings is 1. The lowest BCUT2D eigenvalue weighted by atomic mass is 10.1. The highest BCUT2D eigenvalue weighted by Crippen LogP contribution is 2.28. The summed E-state index contributed by atoms with van der Waals surface area (Å²) >= 11 is 0. The number of methoxy groups -OCH3 is 2. The lowest BCUT2D eigenvalue weighted by Crippen LogP contribution is -2.47. The maximum Gasteiger partial charge on any atom is 0.355 e. The van der Waals surface area contributed by atoms with Gasteiger partial charge in [-0.2, -0.15) is 0 Å². The van der Waals surface area contributed by atoms with Crippen LogP contribution in [0, 0.1) is 0 Å². The van der Waals surface area contributed by atoms with E-state index in [4.69, 9.17) is 14.2 Å². The minimum Gasteiger partial charge on any atom is -0.466 e. The molecular weight excluding hydrogens is 354 g/mol. The van der Waals surface area contributed by atoms with Crippen molar-refractivity contribution in [1.82, 2.24) is 5.32 Å². The van der Waals surface area contributed by atoms with Crippen molar-refractivity contribution in [2.75, 3.05) is 57.0 Å². The Labute approximate surface area is 156 Å². The first-order valence-corrected chi connectivity index (χ1v) is 8.42. The number of hydrogen-bond acceptors (Lipinski definition) is 8. The molecular formula is C18H21N3O6. The molecule has 0 bridgehead atoms. The quantitative estimate of drug-likeness (QED) is 0.736. The molecule has 0 aromatic heterocycles. The lowest BCUT2D eigenvalue weighted by molar-refractivity contribution is -0.140. The summed E-state index contributed by atoms with van der Waals surface area (Å²) < 4.78 is 15.0. The van der Waals surface area contributed by atoms with Crippen LogP contribution in [-0.4, -0.2) is 65.0 Å². The number of nitrogens with zero attached hydrogens (tertiary/aromatic N) is 2. The second-order valence-electron chi connectivity index (χ2n) is 6.00. The summed E-state index contributed by atoms with van der Waals surface area (Å²) in [6.07, 6.45) is 0. The molecule has 144 valence electrons. The van der Waals surface area contributed by atoms with Crippen molar-refractivity contribution < 1.29 is 28.6 Å². The molecule has 1 N–H and O–H groups in total. The lowest BCUT2D eigenvalue weighted by Gasteiger charge is -2.32. The van der Waals surface area contributed by atoms with Gasteiger partial charge in [-0.05, 0) is 24.3 Å². The maximum atomic E-state index is 12.3. The molecule has 1 aromatic carbocycles. The number of anilines is 2. The Bertz CT molecular complexity index is 774. The van der Waals surface area contributed by atoms with Crippen molar-refractivity contribution in [3.05, 3.63) is 35.5 Å². The average Bonchev–Trinajstić information content (AvgIpc) is 2.72. The molecule has 1 amide bonds.